The molecule has 0 aliphatic heterocycles. The molecule has 0 amide bonds. The molecule has 0 spiro atoms. The lowest BCUT2D eigenvalue weighted by Gasteiger charge is -2.12. The van der Waals surface area contributed by atoms with Crippen molar-refractivity contribution in [3.8, 4) is 5.75 Å². The van der Waals surface area contributed by atoms with E-state index in [2.05, 4.69) is 41.2 Å². The number of fused-ring (bicyclic) bond motifs is 1. The number of nitrogens with zero attached hydrogens (tertiary/aromatic N) is 2. The van der Waals surface area contributed by atoms with Crippen molar-refractivity contribution in [2.45, 2.75) is 40.0 Å². The number of hydrogen-bond donors (Lipinski definition) is 1. The average Bonchev–Trinajstić information content (AvgIpc) is 2.85. The minimum atomic E-state index is -0.565. The molecule has 2 aromatic carbocycles. The summed E-state index contributed by atoms with van der Waals surface area (Å²) >= 11 is 0. The van der Waals surface area contributed by atoms with Crippen LogP contribution in [-0.2, 0) is 13.1 Å². The summed E-state index contributed by atoms with van der Waals surface area (Å²) in [5.41, 5.74) is 3.49. The molecule has 1 N–H and O–H groups in total. The van der Waals surface area contributed by atoms with E-state index in [-0.39, 0.29) is 6.61 Å². The Bertz CT molecular complexity index is 839. The number of benzene rings is 2. The number of rotatable bonds is 6. The van der Waals surface area contributed by atoms with E-state index in [0.717, 1.165) is 29.2 Å². The van der Waals surface area contributed by atoms with Crippen LogP contribution < -0.4 is 9.30 Å². The van der Waals surface area contributed by atoms with Gasteiger partial charge in [0.05, 0.1) is 6.54 Å². The summed E-state index contributed by atoms with van der Waals surface area (Å²) in [4.78, 5) is 0. The van der Waals surface area contributed by atoms with Crippen molar-refractivity contribution in [2.24, 2.45) is 0 Å². The van der Waals surface area contributed by atoms with Crippen molar-refractivity contribution in [3.05, 3.63) is 59.9 Å². The molecule has 0 aliphatic carbocycles. The molecule has 3 rings (SSSR count). The van der Waals surface area contributed by atoms with Gasteiger partial charge in [-0.05, 0) is 43.7 Å². The lowest BCUT2D eigenvalue weighted by molar-refractivity contribution is -0.685. The van der Waals surface area contributed by atoms with E-state index in [1.165, 1.54) is 5.52 Å². The number of para-hydroxylation sites is 2. The van der Waals surface area contributed by atoms with Gasteiger partial charge in [0.2, 0.25) is 0 Å². The maximum absolute atomic E-state index is 10.4. The summed E-state index contributed by atoms with van der Waals surface area (Å²) in [6, 6.07) is 16.2. The molecular formula is C20H25N2O2+. The Morgan fingerprint density at radius 3 is 2.67 bits per heavy atom. The minimum Gasteiger partial charge on any atom is -0.491 e. The van der Waals surface area contributed by atoms with Crippen LogP contribution in [-0.4, -0.2) is 22.4 Å². The summed E-state index contributed by atoms with van der Waals surface area (Å²) in [7, 11) is 0. The topological polar surface area (TPSA) is 38.3 Å². The third-order valence-electron chi connectivity index (χ3n) is 4.39. The third kappa shape index (κ3) is 3.29. The number of aliphatic hydroxyl groups is 1. The average molecular weight is 325 g/mol. The number of imidazole rings is 1. The normalized spacial score (nSPS) is 12.5. The first kappa shape index (κ1) is 16.5. The van der Waals surface area contributed by atoms with Crippen LogP contribution in [0.3, 0.4) is 0 Å². The van der Waals surface area contributed by atoms with Crippen LogP contribution in [0.2, 0.25) is 0 Å². The van der Waals surface area contributed by atoms with Crippen molar-refractivity contribution < 1.29 is 14.4 Å². The van der Waals surface area contributed by atoms with Gasteiger partial charge in [-0.25, -0.2) is 9.13 Å². The van der Waals surface area contributed by atoms with E-state index < -0.39 is 6.10 Å². The lowest BCUT2D eigenvalue weighted by Crippen LogP contribution is -2.44. The van der Waals surface area contributed by atoms with Crippen LogP contribution in [0.25, 0.3) is 11.0 Å². The highest BCUT2D eigenvalue weighted by Crippen LogP contribution is 2.15. The minimum absolute atomic E-state index is 0.279. The Balaban J connectivity index is 1.76. The Morgan fingerprint density at radius 2 is 1.92 bits per heavy atom. The molecule has 126 valence electrons. The van der Waals surface area contributed by atoms with Gasteiger partial charge in [0.25, 0.3) is 5.82 Å². The molecule has 1 aromatic heterocycles. The first-order valence-corrected chi connectivity index (χ1v) is 8.45. The highest BCUT2D eigenvalue weighted by molar-refractivity contribution is 5.72. The number of aliphatic hydroxyl groups excluding tert-OH is 1. The molecule has 0 aliphatic rings. The number of aromatic nitrogens is 2. The van der Waals surface area contributed by atoms with E-state index in [4.69, 9.17) is 4.74 Å². The van der Waals surface area contributed by atoms with Crippen molar-refractivity contribution in [3.63, 3.8) is 0 Å². The molecular weight excluding hydrogens is 300 g/mol. The van der Waals surface area contributed by atoms with Crippen molar-refractivity contribution >= 4 is 11.0 Å². The van der Waals surface area contributed by atoms with Gasteiger partial charge in [0.15, 0.2) is 11.0 Å². The zero-order valence-electron chi connectivity index (χ0n) is 14.6. The number of aryl methyl sites for hydroxylation is 2. The second kappa shape index (κ2) is 7.05. The molecule has 0 radical (unpaired) electrons. The Kier molecular flexibility index (Phi) is 4.86. The molecule has 0 unspecified atom stereocenters. The quantitative estimate of drug-likeness (QED) is 0.708. The van der Waals surface area contributed by atoms with Crippen molar-refractivity contribution in [1.82, 2.24) is 4.57 Å². The van der Waals surface area contributed by atoms with Crippen LogP contribution >= 0.6 is 0 Å². The lowest BCUT2D eigenvalue weighted by atomic mass is 10.2. The Labute approximate surface area is 142 Å². The van der Waals surface area contributed by atoms with Gasteiger partial charge in [-0.3, -0.25) is 0 Å². The molecule has 4 heteroatoms. The van der Waals surface area contributed by atoms with Gasteiger partial charge in [0, 0.05) is 6.92 Å². The van der Waals surface area contributed by atoms with E-state index in [1.807, 2.05) is 37.3 Å². The van der Waals surface area contributed by atoms with Crippen LogP contribution in [0.15, 0.2) is 48.5 Å². The molecule has 0 bridgehead atoms. The molecule has 1 atom stereocenters. The maximum Gasteiger partial charge on any atom is 0.254 e. The van der Waals surface area contributed by atoms with E-state index in [9.17, 15) is 5.11 Å². The molecule has 1 heterocycles. The van der Waals surface area contributed by atoms with Crippen LogP contribution in [0.5, 0.6) is 5.75 Å². The van der Waals surface area contributed by atoms with Crippen LogP contribution in [0, 0.1) is 13.8 Å². The SMILES string of the molecule is CCn1c(C)[n+](C[C@@H](O)COc2cccc(C)c2)c2ccccc21. The van der Waals surface area contributed by atoms with E-state index >= 15 is 0 Å². The van der Waals surface area contributed by atoms with Gasteiger partial charge in [-0.2, -0.15) is 0 Å². The van der Waals surface area contributed by atoms with Crippen molar-refractivity contribution in [1.29, 1.82) is 0 Å². The van der Waals surface area contributed by atoms with Gasteiger partial charge in [-0.1, -0.05) is 24.3 Å². The maximum atomic E-state index is 10.4. The zero-order valence-corrected chi connectivity index (χ0v) is 14.6. The molecule has 24 heavy (non-hydrogen) atoms. The van der Waals surface area contributed by atoms with Gasteiger partial charge >= 0.3 is 0 Å². The zero-order chi connectivity index (χ0) is 17.1. The molecule has 0 fully saturated rings. The predicted molar refractivity (Wildman–Crippen MR) is 95.2 cm³/mol. The standard InChI is InChI=1S/C20H25N2O2/c1-4-21-16(3)22(20-11-6-5-10-19(20)21)13-17(23)14-24-18-9-7-8-15(2)12-18/h5-12,17,23H,4,13-14H2,1-3H3/q+1/t17-/m1/s1. The fourth-order valence-electron chi connectivity index (χ4n) is 3.21. The summed E-state index contributed by atoms with van der Waals surface area (Å²) in [5.74, 6) is 1.94. The first-order chi connectivity index (χ1) is 11.6. The molecule has 4 nitrogen and oxygen atoms in total. The van der Waals surface area contributed by atoms with Gasteiger partial charge in [-0.15, -0.1) is 0 Å². The van der Waals surface area contributed by atoms with Crippen molar-refractivity contribution in [2.75, 3.05) is 6.61 Å². The summed E-state index contributed by atoms with van der Waals surface area (Å²) < 4.78 is 10.2. The third-order valence-corrected chi connectivity index (χ3v) is 4.39. The highest BCUT2D eigenvalue weighted by atomic mass is 16.5. The largest absolute Gasteiger partial charge is 0.491 e. The van der Waals surface area contributed by atoms with E-state index in [0.29, 0.717) is 6.54 Å². The number of hydrogen-bond acceptors (Lipinski definition) is 2. The summed E-state index contributed by atoms with van der Waals surface area (Å²) in [5, 5.41) is 10.4. The first-order valence-electron chi connectivity index (χ1n) is 8.45. The molecule has 0 saturated heterocycles. The predicted octanol–water partition coefficient (Wildman–Crippen LogP) is 3.01. The Morgan fingerprint density at radius 1 is 1.12 bits per heavy atom. The van der Waals surface area contributed by atoms with Crippen LogP contribution in [0.4, 0.5) is 0 Å². The second-order valence-corrected chi connectivity index (χ2v) is 6.17. The number of ether oxygens (including phenoxy) is 1. The molecule has 0 saturated carbocycles. The Hall–Kier alpha value is -2.33. The fraction of sp³-hybridized carbons (Fsp3) is 0.350. The van der Waals surface area contributed by atoms with E-state index in [1.54, 1.807) is 0 Å². The van der Waals surface area contributed by atoms with Gasteiger partial charge in [0.1, 0.15) is 25.0 Å². The van der Waals surface area contributed by atoms with Gasteiger partial charge < -0.3 is 9.84 Å². The highest BCUT2D eigenvalue weighted by Gasteiger charge is 2.22. The second-order valence-electron chi connectivity index (χ2n) is 6.17. The van der Waals surface area contributed by atoms with Crippen LogP contribution in [0.1, 0.15) is 18.3 Å². The summed E-state index contributed by atoms with van der Waals surface area (Å²) in [6.07, 6.45) is -0.565. The summed E-state index contributed by atoms with van der Waals surface area (Å²) in [6.45, 7) is 7.97. The smallest absolute Gasteiger partial charge is 0.254 e. The molecule has 3 aromatic rings. The monoisotopic (exact) mass is 325 g/mol. The fourth-order valence-corrected chi connectivity index (χ4v) is 3.21.